The number of sulfonamides is 1. The van der Waals surface area contributed by atoms with Crippen molar-refractivity contribution >= 4 is 35.6 Å². The van der Waals surface area contributed by atoms with Crippen LogP contribution in [0.15, 0.2) is 23.1 Å². The predicted octanol–water partition coefficient (Wildman–Crippen LogP) is 7.15. The van der Waals surface area contributed by atoms with Gasteiger partial charge < -0.3 is 0 Å². The van der Waals surface area contributed by atoms with E-state index in [9.17, 15) is 19.4 Å². The van der Waals surface area contributed by atoms with Crippen LogP contribution in [0.25, 0.3) is 0 Å². The lowest BCUT2D eigenvalue weighted by Gasteiger charge is -2.07. The van der Waals surface area contributed by atoms with Gasteiger partial charge in [0, 0.05) is 12.0 Å². The Morgan fingerprint density at radius 3 is 1.62 bits per heavy atom. The lowest BCUT2D eigenvalue weighted by atomic mass is 10.0. The summed E-state index contributed by atoms with van der Waals surface area (Å²) in [7, 11) is -4.20. The second kappa shape index (κ2) is 16.7. The molecule has 32 heavy (non-hydrogen) atoms. The van der Waals surface area contributed by atoms with Crippen molar-refractivity contribution in [2.75, 3.05) is 0 Å². The van der Waals surface area contributed by atoms with Gasteiger partial charge in [0.1, 0.15) is 8.47 Å². The lowest BCUT2D eigenvalue weighted by Crippen LogP contribution is -2.16. The molecule has 6 nitrogen and oxygen atoms in total. The minimum Gasteiger partial charge on any atom is -0.294 e. The fourth-order valence-corrected chi connectivity index (χ4v) is 7.44. The van der Waals surface area contributed by atoms with Crippen molar-refractivity contribution in [1.29, 1.82) is 0 Å². The first kappa shape index (κ1) is 29.2. The molecular weight excluding hydrogens is 541 g/mol. The normalized spacial score (nSPS) is 11.8. The molecule has 0 radical (unpaired) electrons. The maximum atomic E-state index is 12.5. The zero-order chi connectivity index (χ0) is 23.8. The van der Waals surface area contributed by atoms with Gasteiger partial charge in [-0.2, -0.15) is 0 Å². The number of carbonyl (C=O) groups is 1. The van der Waals surface area contributed by atoms with Gasteiger partial charge >= 0.3 is 19.8 Å². The Morgan fingerprint density at radius 2 is 1.22 bits per heavy atom. The summed E-state index contributed by atoms with van der Waals surface area (Å²) in [5.41, 5.74) is -0.0444. The first-order chi connectivity index (χ1) is 15.3. The quantitative estimate of drug-likeness (QED) is 0.106. The van der Waals surface area contributed by atoms with Crippen LogP contribution in [-0.2, 0) is 16.2 Å². The molecule has 1 aromatic rings. The van der Waals surface area contributed by atoms with Crippen LogP contribution in [0.3, 0.4) is 0 Å². The second-order valence-corrected chi connectivity index (χ2v) is 12.4. The van der Waals surface area contributed by atoms with Gasteiger partial charge in [0.15, 0.2) is 5.78 Å². The molecule has 0 unspecified atom stereocenters. The maximum absolute atomic E-state index is 12.5. The maximum Gasteiger partial charge on any atom is 0.342 e. The number of nitrogens with two attached hydrogens (primary N) is 1. The molecule has 1 aromatic carbocycles. The second-order valence-electron chi connectivity index (χ2n) is 8.50. The molecule has 0 aromatic heterocycles. The van der Waals surface area contributed by atoms with E-state index in [2.05, 4.69) is 6.92 Å². The van der Waals surface area contributed by atoms with Crippen LogP contribution in [0.1, 0.15) is 120 Å². The molecule has 0 aliphatic rings. The molecule has 0 heterocycles. The van der Waals surface area contributed by atoms with Crippen molar-refractivity contribution in [2.45, 2.75) is 115 Å². The zero-order valence-corrected chi connectivity index (χ0v) is 22.4. The Bertz CT molecular complexity index is 857. The molecule has 1 rings (SSSR count). The smallest absolute Gasteiger partial charge is 0.294 e. The summed E-state index contributed by atoms with van der Waals surface area (Å²) in [6.07, 6.45) is 18.6. The van der Waals surface area contributed by atoms with E-state index >= 15 is 0 Å². The van der Waals surface area contributed by atoms with Gasteiger partial charge in [-0.3, -0.25) is 4.79 Å². The van der Waals surface area contributed by atoms with Crippen molar-refractivity contribution in [3.63, 3.8) is 0 Å². The Balaban J connectivity index is 2.20. The molecule has 2 N–H and O–H groups in total. The van der Waals surface area contributed by atoms with Gasteiger partial charge in [0.05, 0.1) is 0 Å². The van der Waals surface area contributed by atoms with Crippen molar-refractivity contribution in [2.24, 2.45) is 5.14 Å². The van der Waals surface area contributed by atoms with Crippen LogP contribution in [0, 0.1) is 3.57 Å². The number of Topliss-reactive ketones (excluding diaryl/α,β-unsaturated/α-hetero) is 1. The highest BCUT2D eigenvalue weighted by molar-refractivity contribution is 14.2. The molecule has 0 aliphatic heterocycles. The molecule has 0 bridgehead atoms. The summed E-state index contributed by atoms with van der Waals surface area (Å²) in [6, 6.07) is 3.87. The average Bonchev–Trinajstić information content (AvgIpc) is 2.75. The Morgan fingerprint density at radius 1 is 0.781 bits per heavy atom. The molecule has 0 amide bonds. The summed E-state index contributed by atoms with van der Waals surface area (Å²) in [5.74, 6) is -0.339. The van der Waals surface area contributed by atoms with Gasteiger partial charge in [-0.25, -0.2) is 19.7 Å². The van der Waals surface area contributed by atoms with E-state index in [0.29, 0.717) is 6.42 Å². The van der Waals surface area contributed by atoms with Crippen LogP contribution in [-0.4, -0.2) is 14.2 Å². The third kappa shape index (κ3) is 11.8. The Labute approximate surface area is 201 Å². The highest BCUT2D eigenvalue weighted by atomic mass is 127. The standard InChI is InChI=1S/C24H40INO5S/c1-2-3-4-5-6-7-8-9-10-11-12-13-14-15-16-19-22(27)21-18-17-20-23(32(26,30)31)24(21)25(28)29/h17-18,20H,2-16,19H2,1H3,(H2,26,30,31). The van der Waals surface area contributed by atoms with Crippen LogP contribution < -0.4 is 5.14 Å². The van der Waals surface area contributed by atoms with Gasteiger partial charge in [-0.05, 0) is 12.5 Å². The Hall–Kier alpha value is -0.870. The van der Waals surface area contributed by atoms with Crippen LogP contribution in [0.5, 0.6) is 0 Å². The number of benzene rings is 1. The molecule has 184 valence electrons. The number of rotatable bonds is 19. The highest BCUT2D eigenvalue weighted by Crippen LogP contribution is 2.29. The van der Waals surface area contributed by atoms with Crippen molar-refractivity contribution in [3.8, 4) is 0 Å². The third-order valence-electron chi connectivity index (χ3n) is 5.73. The van der Waals surface area contributed by atoms with E-state index in [1.54, 1.807) is 0 Å². The first-order valence-corrected chi connectivity index (χ1v) is 16.4. The molecular formula is C24H40INO5S. The molecule has 0 fully saturated rings. The van der Waals surface area contributed by atoms with E-state index in [-0.39, 0.29) is 17.8 Å². The summed E-state index contributed by atoms with van der Waals surface area (Å²) < 4.78 is 46.2. The fourth-order valence-electron chi connectivity index (χ4n) is 3.90. The number of unbranched alkanes of at least 4 members (excludes halogenated alkanes) is 14. The minimum absolute atomic E-state index is 0.0444. The lowest BCUT2D eigenvalue weighted by molar-refractivity contribution is 0.0978. The van der Waals surface area contributed by atoms with E-state index in [0.717, 1.165) is 25.3 Å². The molecule has 0 atom stereocenters. The predicted molar refractivity (Wildman–Crippen MR) is 136 cm³/mol. The van der Waals surface area contributed by atoms with Crippen molar-refractivity contribution < 1.29 is 19.4 Å². The van der Waals surface area contributed by atoms with Gasteiger partial charge in [-0.15, -0.1) is 0 Å². The topological polar surface area (TPSA) is 111 Å². The number of carbonyl (C=O) groups excluding carboxylic acids is 1. The first-order valence-electron chi connectivity index (χ1n) is 12.0. The average molecular weight is 582 g/mol. The number of hydrogen-bond acceptors (Lipinski definition) is 5. The number of primary sulfonamides is 1. The summed E-state index contributed by atoms with van der Waals surface area (Å²) in [5, 5.41) is 5.11. The summed E-state index contributed by atoms with van der Waals surface area (Å²) in [4.78, 5) is 12.0. The number of halogens is 1. The molecule has 0 saturated heterocycles. The summed E-state index contributed by atoms with van der Waals surface area (Å²) in [6.45, 7) is 2.25. The SMILES string of the molecule is CCCCCCCCCCCCCCCCCC(=O)c1cccc(S(N)(=O)=O)c1I(=O)=O. The summed E-state index contributed by atoms with van der Waals surface area (Å²) >= 11 is -4.21. The van der Waals surface area contributed by atoms with E-state index in [1.165, 1.54) is 82.8 Å². The van der Waals surface area contributed by atoms with Crippen molar-refractivity contribution in [3.05, 3.63) is 27.3 Å². The third-order valence-corrected chi connectivity index (χ3v) is 9.09. The fraction of sp³-hybridized carbons (Fsp3) is 0.708. The highest BCUT2D eigenvalue weighted by Gasteiger charge is 2.24. The van der Waals surface area contributed by atoms with E-state index in [4.69, 9.17) is 5.14 Å². The Kier molecular flexibility index (Phi) is 15.2. The zero-order valence-electron chi connectivity index (χ0n) is 19.5. The van der Waals surface area contributed by atoms with E-state index in [1.807, 2.05) is 0 Å². The van der Waals surface area contributed by atoms with E-state index < -0.39 is 38.3 Å². The van der Waals surface area contributed by atoms with Crippen LogP contribution >= 0.6 is 19.8 Å². The number of hydrogen-bond donors (Lipinski definition) is 1. The van der Waals surface area contributed by atoms with Gasteiger partial charge in [0.25, 0.3) is 0 Å². The largest absolute Gasteiger partial charge is 0.342 e. The van der Waals surface area contributed by atoms with Crippen LogP contribution in [0.4, 0.5) is 0 Å². The molecule has 8 heteroatoms. The molecule has 0 spiro atoms. The monoisotopic (exact) mass is 581 g/mol. The molecule has 0 aliphatic carbocycles. The van der Waals surface area contributed by atoms with Crippen LogP contribution in [0.2, 0.25) is 0 Å². The minimum atomic E-state index is -4.21. The molecule has 0 saturated carbocycles. The van der Waals surface area contributed by atoms with Crippen molar-refractivity contribution in [1.82, 2.24) is 0 Å². The van der Waals surface area contributed by atoms with Gasteiger partial charge in [0.2, 0.25) is 10.0 Å². The van der Waals surface area contributed by atoms with Gasteiger partial charge in [-0.1, -0.05) is 109 Å². The number of ketones is 1.